The molecule has 1 aliphatic carbocycles. The first kappa shape index (κ1) is 14.0. The Balaban J connectivity index is 1.43. The van der Waals surface area contributed by atoms with E-state index in [0.717, 1.165) is 37.9 Å². The molecule has 21 heavy (non-hydrogen) atoms. The van der Waals surface area contributed by atoms with Crippen LogP contribution >= 0.6 is 0 Å². The molecule has 4 nitrogen and oxygen atoms in total. The molecule has 3 rings (SSSR count). The molecule has 110 valence electrons. The van der Waals surface area contributed by atoms with Gasteiger partial charge in [0.1, 0.15) is 0 Å². The maximum atomic E-state index is 11.5. The summed E-state index contributed by atoms with van der Waals surface area (Å²) >= 11 is 0. The molecule has 0 saturated heterocycles. The highest BCUT2D eigenvalue weighted by molar-refractivity contribution is 5.81. The molecule has 4 heteroatoms. The van der Waals surface area contributed by atoms with Crippen LogP contribution in [0.3, 0.4) is 0 Å². The molecule has 0 bridgehead atoms. The number of nitrogens with zero attached hydrogens (tertiary/aromatic N) is 1. The van der Waals surface area contributed by atoms with Crippen molar-refractivity contribution in [2.75, 3.05) is 13.1 Å². The minimum absolute atomic E-state index is 0.164. The monoisotopic (exact) mass is 283 g/mol. The number of benzene rings is 1. The number of rotatable bonds is 7. The van der Waals surface area contributed by atoms with Crippen molar-refractivity contribution in [1.29, 1.82) is 0 Å². The van der Waals surface area contributed by atoms with Gasteiger partial charge in [-0.05, 0) is 37.4 Å². The van der Waals surface area contributed by atoms with Crippen LogP contribution in [0.4, 0.5) is 0 Å². The highest BCUT2D eigenvalue weighted by Gasteiger charge is 2.22. The first-order valence-electron chi connectivity index (χ1n) is 7.65. The Kier molecular flexibility index (Phi) is 4.46. The van der Waals surface area contributed by atoms with Gasteiger partial charge in [-0.1, -0.05) is 24.3 Å². The van der Waals surface area contributed by atoms with Crippen molar-refractivity contribution in [3.05, 3.63) is 42.1 Å². The molecule has 1 aromatic heterocycles. The third-order valence-corrected chi connectivity index (χ3v) is 3.76. The molecule has 0 spiro atoms. The fraction of sp³-hybridized carbons (Fsp3) is 0.412. The molecule has 1 saturated carbocycles. The van der Waals surface area contributed by atoms with Gasteiger partial charge >= 0.3 is 0 Å². The SMILES string of the molecule is O=C(CCNCCc1cccc2cccnc12)NC1CC1. The third kappa shape index (κ3) is 4.02. The minimum Gasteiger partial charge on any atom is -0.353 e. The van der Waals surface area contributed by atoms with E-state index < -0.39 is 0 Å². The van der Waals surface area contributed by atoms with Gasteiger partial charge in [-0.25, -0.2) is 0 Å². The van der Waals surface area contributed by atoms with Crippen molar-refractivity contribution < 1.29 is 4.79 Å². The van der Waals surface area contributed by atoms with Crippen LogP contribution in [-0.4, -0.2) is 30.0 Å². The molecular formula is C17H21N3O. The van der Waals surface area contributed by atoms with Crippen LogP contribution < -0.4 is 10.6 Å². The number of fused-ring (bicyclic) bond motifs is 1. The van der Waals surface area contributed by atoms with Gasteiger partial charge in [0.25, 0.3) is 0 Å². The van der Waals surface area contributed by atoms with Gasteiger partial charge < -0.3 is 10.6 Å². The first-order valence-corrected chi connectivity index (χ1v) is 7.65. The average molecular weight is 283 g/mol. The molecule has 1 aliphatic rings. The maximum absolute atomic E-state index is 11.5. The summed E-state index contributed by atoms with van der Waals surface area (Å²) < 4.78 is 0. The Morgan fingerprint density at radius 3 is 2.90 bits per heavy atom. The lowest BCUT2D eigenvalue weighted by Crippen LogP contribution is -2.29. The lowest BCUT2D eigenvalue weighted by atomic mass is 10.1. The summed E-state index contributed by atoms with van der Waals surface area (Å²) in [5, 5.41) is 7.51. The fourth-order valence-electron chi connectivity index (χ4n) is 2.45. The van der Waals surface area contributed by atoms with Crippen LogP contribution in [0, 0.1) is 0 Å². The summed E-state index contributed by atoms with van der Waals surface area (Å²) in [4.78, 5) is 16.0. The number of nitrogens with one attached hydrogen (secondary N) is 2. The maximum Gasteiger partial charge on any atom is 0.221 e. The predicted molar refractivity (Wildman–Crippen MR) is 84.1 cm³/mol. The second-order valence-electron chi connectivity index (χ2n) is 5.58. The molecular weight excluding hydrogens is 262 g/mol. The van der Waals surface area contributed by atoms with Gasteiger partial charge in [-0.3, -0.25) is 9.78 Å². The lowest BCUT2D eigenvalue weighted by molar-refractivity contribution is -0.121. The van der Waals surface area contributed by atoms with E-state index in [0.29, 0.717) is 12.5 Å². The van der Waals surface area contributed by atoms with Gasteiger partial charge in [-0.15, -0.1) is 0 Å². The van der Waals surface area contributed by atoms with E-state index in [-0.39, 0.29) is 5.91 Å². The smallest absolute Gasteiger partial charge is 0.221 e. The van der Waals surface area contributed by atoms with Crippen molar-refractivity contribution in [1.82, 2.24) is 15.6 Å². The Morgan fingerprint density at radius 2 is 2.05 bits per heavy atom. The number of amides is 1. The number of carbonyl (C=O) groups is 1. The van der Waals surface area contributed by atoms with E-state index in [1.807, 2.05) is 12.3 Å². The van der Waals surface area contributed by atoms with Gasteiger partial charge in [-0.2, -0.15) is 0 Å². The second kappa shape index (κ2) is 6.68. The summed E-state index contributed by atoms with van der Waals surface area (Å²) in [7, 11) is 0. The zero-order valence-electron chi connectivity index (χ0n) is 12.1. The summed E-state index contributed by atoms with van der Waals surface area (Å²) in [6.07, 6.45) is 5.62. The number of aromatic nitrogens is 1. The molecule has 0 radical (unpaired) electrons. The second-order valence-corrected chi connectivity index (χ2v) is 5.58. The van der Waals surface area contributed by atoms with Crippen molar-refractivity contribution in [3.63, 3.8) is 0 Å². The zero-order chi connectivity index (χ0) is 14.5. The van der Waals surface area contributed by atoms with E-state index in [2.05, 4.69) is 39.9 Å². The minimum atomic E-state index is 0.164. The Bertz CT molecular complexity index is 617. The van der Waals surface area contributed by atoms with Gasteiger partial charge in [0.15, 0.2) is 0 Å². The summed E-state index contributed by atoms with van der Waals surface area (Å²) in [5.41, 5.74) is 2.33. The van der Waals surface area contributed by atoms with E-state index in [9.17, 15) is 4.79 Å². The number of para-hydroxylation sites is 1. The van der Waals surface area contributed by atoms with Crippen LogP contribution in [0.25, 0.3) is 10.9 Å². The predicted octanol–water partition coefficient (Wildman–Crippen LogP) is 2.04. The van der Waals surface area contributed by atoms with E-state index in [1.165, 1.54) is 10.9 Å². The van der Waals surface area contributed by atoms with E-state index in [1.54, 1.807) is 0 Å². The molecule has 0 atom stereocenters. The van der Waals surface area contributed by atoms with Crippen molar-refractivity contribution in [2.45, 2.75) is 31.7 Å². The van der Waals surface area contributed by atoms with Crippen LogP contribution in [0.2, 0.25) is 0 Å². The summed E-state index contributed by atoms with van der Waals surface area (Å²) in [6, 6.07) is 10.8. The number of hydrogen-bond acceptors (Lipinski definition) is 3. The molecule has 1 heterocycles. The number of hydrogen-bond donors (Lipinski definition) is 2. The van der Waals surface area contributed by atoms with Crippen molar-refractivity contribution in [3.8, 4) is 0 Å². The molecule has 2 N–H and O–H groups in total. The average Bonchev–Trinajstić information content (AvgIpc) is 3.31. The Morgan fingerprint density at radius 1 is 1.19 bits per heavy atom. The summed E-state index contributed by atoms with van der Waals surface area (Å²) in [5.74, 6) is 0.164. The molecule has 1 fully saturated rings. The zero-order valence-corrected chi connectivity index (χ0v) is 12.1. The van der Waals surface area contributed by atoms with Crippen molar-refractivity contribution >= 4 is 16.8 Å². The quantitative estimate of drug-likeness (QED) is 0.765. The van der Waals surface area contributed by atoms with E-state index in [4.69, 9.17) is 0 Å². The van der Waals surface area contributed by atoms with Crippen LogP contribution in [0.1, 0.15) is 24.8 Å². The normalized spacial score (nSPS) is 14.3. The van der Waals surface area contributed by atoms with Crippen molar-refractivity contribution in [2.24, 2.45) is 0 Å². The highest BCUT2D eigenvalue weighted by atomic mass is 16.1. The molecule has 2 aromatic rings. The van der Waals surface area contributed by atoms with Gasteiger partial charge in [0.2, 0.25) is 5.91 Å². The van der Waals surface area contributed by atoms with Crippen LogP contribution in [-0.2, 0) is 11.2 Å². The van der Waals surface area contributed by atoms with Gasteiger partial charge in [0, 0.05) is 30.6 Å². The van der Waals surface area contributed by atoms with E-state index >= 15 is 0 Å². The molecule has 0 aliphatic heterocycles. The standard InChI is InChI=1S/C17H21N3O/c21-16(20-15-6-7-15)9-12-18-11-8-14-4-1-3-13-5-2-10-19-17(13)14/h1-5,10,15,18H,6-9,11-12H2,(H,20,21). The fourth-order valence-corrected chi connectivity index (χ4v) is 2.45. The topological polar surface area (TPSA) is 54.0 Å². The largest absolute Gasteiger partial charge is 0.353 e. The summed E-state index contributed by atoms with van der Waals surface area (Å²) in [6.45, 7) is 1.60. The van der Waals surface area contributed by atoms with Crippen LogP contribution in [0.15, 0.2) is 36.5 Å². The molecule has 0 unspecified atom stereocenters. The Hall–Kier alpha value is -1.94. The van der Waals surface area contributed by atoms with Crippen LogP contribution in [0.5, 0.6) is 0 Å². The highest BCUT2D eigenvalue weighted by Crippen LogP contribution is 2.18. The lowest BCUT2D eigenvalue weighted by Gasteiger charge is -2.07. The number of pyridine rings is 1. The number of carbonyl (C=O) groups excluding carboxylic acids is 1. The molecule has 1 amide bonds. The molecule has 1 aromatic carbocycles. The van der Waals surface area contributed by atoms with Gasteiger partial charge in [0.05, 0.1) is 5.52 Å². The third-order valence-electron chi connectivity index (χ3n) is 3.76. The first-order chi connectivity index (χ1) is 10.3. The Labute approximate surface area is 125 Å².